The van der Waals surface area contributed by atoms with Crippen molar-refractivity contribution in [3.05, 3.63) is 23.5 Å². The number of pyridine rings is 1. The quantitative estimate of drug-likeness (QED) is 0.836. The average Bonchev–Trinajstić information content (AvgIpc) is 2.48. The van der Waals surface area contributed by atoms with E-state index in [1.54, 1.807) is 0 Å². The van der Waals surface area contributed by atoms with Gasteiger partial charge in [0.05, 0.1) is 16.9 Å². The van der Waals surface area contributed by atoms with E-state index in [0.29, 0.717) is 6.54 Å². The van der Waals surface area contributed by atoms with E-state index in [0.717, 1.165) is 16.9 Å². The molecule has 4 nitrogen and oxygen atoms in total. The number of aryl methyl sites for hydroxylation is 1. The highest BCUT2D eigenvalue weighted by atomic mass is 16.7. The lowest BCUT2D eigenvalue weighted by Crippen LogP contribution is -2.41. The lowest BCUT2D eigenvalue weighted by molar-refractivity contribution is 0.00578. The van der Waals surface area contributed by atoms with Gasteiger partial charge >= 0.3 is 7.12 Å². The standard InChI is InChI=1S/C14H23BN2O2/c1-10-7-8-11(12(17-10)9-16-6)15-18-13(2,3)14(4,5)19-15/h7-8,16H,9H2,1-6H3. The summed E-state index contributed by atoms with van der Waals surface area (Å²) in [5.74, 6) is 0. The van der Waals surface area contributed by atoms with Crippen LogP contribution >= 0.6 is 0 Å². The van der Waals surface area contributed by atoms with Gasteiger partial charge in [0, 0.05) is 17.7 Å². The highest BCUT2D eigenvalue weighted by molar-refractivity contribution is 6.62. The van der Waals surface area contributed by atoms with Gasteiger partial charge < -0.3 is 14.6 Å². The molecule has 1 aromatic rings. The molecule has 2 heterocycles. The Morgan fingerprint density at radius 3 is 2.26 bits per heavy atom. The van der Waals surface area contributed by atoms with Crippen LogP contribution in [0.3, 0.4) is 0 Å². The molecule has 5 heteroatoms. The molecule has 0 atom stereocenters. The van der Waals surface area contributed by atoms with Gasteiger partial charge in [-0.05, 0) is 47.7 Å². The van der Waals surface area contributed by atoms with Gasteiger partial charge in [-0.25, -0.2) is 0 Å². The summed E-state index contributed by atoms with van der Waals surface area (Å²) in [5.41, 5.74) is 2.36. The Hall–Kier alpha value is -0.905. The van der Waals surface area contributed by atoms with Crippen LogP contribution in [0.1, 0.15) is 39.1 Å². The van der Waals surface area contributed by atoms with Crippen LogP contribution < -0.4 is 10.8 Å². The van der Waals surface area contributed by atoms with Crippen LogP contribution in [0.15, 0.2) is 12.1 Å². The van der Waals surface area contributed by atoms with Crippen molar-refractivity contribution in [3.63, 3.8) is 0 Å². The molecule has 0 unspecified atom stereocenters. The molecule has 0 aliphatic carbocycles. The molecule has 0 radical (unpaired) electrons. The Morgan fingerprint density at radius 2 is 1.74 bits per heavy atom. The molecule has 0 aromatic carbocycles. The SMILES string of the molecule is CNCc1nc(C)ccc1B1OC(C)(C)C(C)(C)O1. The molecule has 0 spiro atoms. The summed E-state index contributed by atoms with van der Waals surface area (Å²) in [6.07, 6.45) is 0. The highest BCUT2D eigenvalue weighted by Crippen LogP contribution is 2.36. The molecule has 1 aliphatic heterocycles. The van der Waals surface area contributed by atoms with Gasteiger partial charge in [0.15, 0.2) is 0 Å². The number of hydrogen-bond donors (Lipinski definition) is 1. The maximum absolute atomic E-state index is 6.09. The van der Waals surface area contributed by atoms with E-state index in [4.69, 9.17) is 9.31 Å². The molecule has 0 saturated carbocycles. The first-order valence-electron chi connectivity index (χ1n) is 6.73. The number of aromatic nitrogens is 1. The molecule has 0 bridgehead atoms. The van der Waals surface area contributed by atoms with E-state index < -0.39 is 0 Å². The lowest BCUT2D eigenvalue weighted by Gasteiger charge is -2.32. The van der Waals surface area contributed by atoms with Crippen LogP contribution in [0.4, 0.5) is 0 Å². The van der Waals surface area contributed by atoms with Crippen LogP contribution in [0.25, 0.3) is 0 Å². The normalized spacial score (nSPS) is 20.8. The fraction of sp³-hybridized carbons (Fsp3) is 0.643. The molecule has 104 valence electrons. The number of hydrogen-bond acceptors (Lipinski definition) is 4. The predicted molar refractivity (Wildman–Crippen MR) is 77.5 cm³/mol. The van der Waals surface area contributed by atoms with Crippen molar-refractivity contribution in [2.45, 2.75) is 52.4 Å². The first-order valence-corrected chi connectivity index (χ1v) is 6.73. The predicted octanol–water partition coefficient (Wildman–Crippen LogP) is 1.41. The molecule has 1 aliphatic rings. The molecule has 0 amide bonds. The van der Waals surface area contributed by atoms with Gasteiger partial charge in [0.1, 0.15) is 0 Å². The first-order chi connectivity index (χ1) is 8.77. The van der Waals surface area contributed by atoms with E-state index >= 15 is 0 Å². The van der Waals surface area contributed by atoms with E-state index in [1.807, 2.05) is 20.0 Å². The molecule has 1 saturated heterocycles. The maximum atomic E-state index is 6.09. The number of nitrogens with zero attached hydrogens (tertiary/aromatic N) is 1. The summed E-state index contributed by atoms with van der Waals surface area (Å²) in [4.78, 5) is 4.58. The second-order valence-corrected chi connectivity index (χ2v) is 6.11. The average molecular weight is 262 g/mol. The highest BCUT2D eigenvalue weighted by Gasteiger charge is 2.52. The summed E-state index contributed by atoms with van der Waals surface area (Å²) in [7, 11) is 1.57. The van der Waals surface area contributed by atoms with Crippen LogP contribution in [-0.4, -0.2) is 30.4 Å². The second kappa shape index (κ2) is 4.89. The van der Waals surface area contributed by atoms with Crippen molar-refractivity contribution in [1.82, 2.24) is 10.3 Å². The smallest absolute Gasteiger partial charge is 0.399 e. The van der Waals surface area contributed by atoms with Gasteiger partial charge in [-0.3, -0.25) is 4.98 Å². The van der Waals surface area contributed by atoms with Crippen molar-refractivity contribution in [3.8, 4) is 0 Å². The van der Waals surface area contributed by atoms with Gasteiger partial charge in [-0.15, -0.1) is 0 Å². The molecule has 1 aromatic heterocycles. The van der Waals surface area contributed by atoms with Crippen LogP contribution in [0.5, 0.6) is 0 Å². The Balaban J connectivity index is 2.34. The summed E-state index contributed by atoms with van der Waals surface area (Å²) < 4.78 is 12.2. The summed E-state index contributed by atoms with van der Waals surface area (Å²) in [6.45, 7) is 11.0. The third kappa shape index (κ3) is 2.68. The minimum Gasteiger partial charge on any atom is -0.399 e. The lowest BCUT2D eigenvalue weighted by atomic mass is 9.77. The summed E-state index contributed by atoms with van der Waals surface area (Å²) in [5, 5.41) is 3.14. The second-order valence-electron chi connectivity index (χ2n) is 6.11. The van der Waals surface area contributed by atoms with Crippen molar-refractivity contribution in [1.29, 1.82) is 0 Å². The Bertz CT molecular complexity index is 459. The molecule has 1 N–H and O–H groups in total. The first kappa shape index (κ1) is 14.5. The summed E-state index contributed by atoms with van der Waals surface area (Å²) in [6, 6.07) is 4.05. The Morgan fingerprint density at radius 1 is 1.16 bits per heavy atom. The van der Waals surface area contributed by atoms with E-state index in [-0.39, 0.29) is 18.3 Å². The van der Waals surface area contributed by atoms with Crippen LogP contribution in [-0.2, 0) is 15.9 Å². The third-order valence-electron chi connectivity index (χ3n) is 4.00. The maximum Gasteiger partial charge on any atom is 0.496 e. The van der Waals surface area contributed by atoms with Crippen molar-refractivity contribution in [2.75, 3.05) is 7.05 Å². The largest absolute Gasteiger partial charge is 0.496 e. The zero-order chi connectivity index (χ0) is 14.3. The van der Waals surface area contributed by atoms with Crippen LogP contribution in [0.2, 0.25) is 0 Å². The molecule has 1 fully saturated rings. The molecular formula is C14H23BN2O2. The van der Waals surface area contributed by atoms with Crippen molar-refractivity contribution < 1.29 is 9.31 Å². The zero-order valence-electron chi connectivity index (χ0n) is 12.7. The van der Waals surface area contributed by atoms with Gasteiger partial charge in [-0.1, -0.05) is 6.07 Å². The third-order valence-corrected chi connectivity index (χ3v) is 4.00. The van der Waals surface area contributed by atoms with Gasteiger partial charge in [0.25, 0.3) is 0 Å². The molecular weight excluding hydrogens is 239 g/mol. The summed E-state index contributed by atoms with van der Waals surface area (Å²) >= 11 is 0. The fourth-order valence-corrected chi connectivity index (χ4v) is 2.11. The minimum absolute atomic E-state index is 0.320. The van der Waals surface area contributed by atoms with Crippen LogP contribution in [0, 0.1) is 6.92 Å². The topological polar surface area (TPSA) is 43.4 Å². The number of rotatable bonds is 3. The zero-order valence-corrected chi connectivity index (χ0v) is 12.7. The minimum atomic E-state index is -0.346. The fourth-order valence-electron chi connectivity index (χ4n) is 2.11. The number of nitrogens with one attached hydrogen (secondary N) is 1. The van der Waals surface area contributed by atoms with Gasteiger partial charge in [0.2, 0.25) is 0 Å². The van der Waals surface area contributed by atoms with Gasteiger partial charge in [-0.2, -0.15) is 0 Å². The monoisotopic (exact) mass is 262 g/mol. The Labute approximate surface area is 116 Å². The van der Waals surface area contributed by atoms with Crippen molar-refractivity contribution in [2.24, 2.45) is 0 Å². The molecule has 19 heavy (non-hydrogen) atoms. The Kier molecular flexibility index (Phi) is 3.73. The van der Waals surface area contributed by atoms with E-state index in [2.05, 4.69) is 44.1 Å². The van der Waals surface area contributed by atoms with E-state index in [9.17, 15) is 0 Å². The molecule has 2 rings (SSSR count). The van der Waals surface area contributed by atoms with E-state index in [1.165, 1.54) is 0 Å². The van der Waals surface area contributed by atoms with Crippen molar-refractivity contribution >= 4 is 12.6 Å².